The van der Waals surface area contributed by atoms with Gasteiger partial charge in [-0.05, 0) is 52.0 Å². The van der Waals surface area contributed by atoms with Gasteiger partial charge in [0.15, 0.2) is 23.0 Å². The summed E-state index contributed by atoms with van der Waals surface area (Å²) in [6.45, 7) is 7.93. The van der Waals surface area contributed by atoms with E-state index in [1.54, 1.807) is 12.4 Å². The van der Waals surface area contributed by atoms with Gasteiger partial charge in [0.1, 0.15) is 18.3 Å². The second kappa shape index (κ2) is 6.91. The van der Waals surface area contributed by atoms with Crippen LogP contribution in [-0.2, 0) is 23.7 Å². The molecule has 3 saturated heterocycles. The Kier molecular flexibility index (Phi) is 4.86. The molecular weight excluding hydrogens is 370 g/mol. The minimum Gasteiger partial charge on any atom is -0.354 e. The number of hydrogen-bond acceptors (Lipinski definition) is 7. The molecule has 148 valence electrons. The Balaban J connectivity index is 1.49. The SMILES string of the molecule is CC1(C)O[C@H]2O[C@H]([C@H]3COC(C)(C)O3)[C@@H](NC(=S)Nc3cccnc3)[C@H]2O1. The van der Waals surface area contributed by atoms with Crippen molar-refractivity contribution in [2.45, 2.75) is 69.9 Å². The number of nitrogens with one attached hydrogen (secondary N) is 2. The zero-order chi connectivity index (χ0) is 19.2. The van der Waals surface area contributed by atoms with Crippen LogP contribution >= 0.6 is 12.2 Å². The minimum absolute atomic E-state index is 0.250. The number of fused-ring (bicyclic) bond motifs is 1. The van der Waals surface area contributed by atoms with Crippen LogP contribution < -0.4 is 10.6 Å². The Hall–Kier alpha value is -1.36. The second-order valence-corrected chi connectivity index (χ2v) is 8.21. The molecule has 3 fully saturated rings. The molecule has 4 heterocycles. The Morgan fingerprint density at radius 2 is 1.96 bits per heavy atom. The summed E-state index contributed by atoms with van der Waals surface area (Å²) in [7, 11) is 0. The van der Waals surface area contributed by atoms with Gasteiger partial charge in [-0.15, -0.1) is 0 Å². The van der Waals surface area contributed by atoms with Crippen molar-refractivity contribution in [3.05, 3.63) is 24.5 Å². The second-order valence-electron chi connectivity index (χ2n) is 7.80. The van der Waals surface area contributed by atoms with Crippen molar-refractivity contribution < 1.29 is 23.7 Å². The molecule has 0 saturated carbocycles. The zero-order valence-corrected chi connectivity index (χ0v) is 16.6. The molecule has 5 atom stereocenters. The first-order valence-electron chi connectivity index (χ1n) is 9.03. The summed E-state index contributed by atoms with van der Waals surface area (Å²) < 4.78 is 29.8. The predicted octanol–water partition coefficient (Wildman–Crippen LogP) is 1.76. The van der Waals surface area contributed by atoms with Crippen LogP contribution in [0.1, 0.15) is 27.7 Å². The van der Waals surface area contributed by atoms with Crippen molar-refractivity contribution in [2.75, 3.05) is 11.9 Å². The first kappa shape index (κ1) is 19.0. The van der Waals surface area contributed by atoms with E-state index in [4.69, 9.17) is 35.9 Å². The van der Waals surface area contributed by atoms with E-state index in [0.29, 0.717) is 11.7 Å². The first-order chi connectivity index (χ1) is 12.7. The molecule has 0 bridgehead atoms. The van der Waals surface area contributed by atoms with Crippen LogP contribution in [0.15, 0.2) is 24.5 Å². The molecule has 0 amide bonds. The van der Waals surface area contributed by atoms with Crippen LogP contribution in [0.4, 0.5) is 5.69 Å². The van der Waals surface area contributed by atoms with Gasteiger partial charge in [-0.25, -0.2) is 0 Å². The summed E-state index contributed by atoms with van der Waals surface area (Å²) in [5.41, 5.74) is 0.799. The maximum absolute atomic E-state index is 6.15. The first-order valence-corrected chi connectivity index (χ1v) is 9.44. The number of nitrogens with zero attached hydrogens (tertiary/aromatic N) is 1. The number of rotatable bonds is 3. The van der Waals surface area contributed by atoms with E-state index in [2.05, 4.69) is 15.6 Å². The lowest BCUT2D eigenvalue weighted by Gasteiger charge is -2.30. The fourth-order valence-corrected chi connectivity index (χ4v) is 3.90. The van der Waals surface area contributed by atoms with Crippen molar-refractivity contribution >= 4 is 23.0 Å². The van der Waals surface area contributed by atoms with Crippen molar-refractivity contribution in [1.82, 2.24) is 10.3 Å². The molecule has 2 N–H and O–H groups in total. The number of thiocarbonyl (C=S) groups is 1. The van der Waals surface area contributed by atoms with E-state index in [0.717, 1.165) is 5.69 Å². The molecule has 0 radical (unpaired) electrons. The van der Waals surface area contributed by atoms with E-state index in [9.17, 15) is 0 Å². The fourth-order valence-electron chi connectivity index (χ4n) is 3.65. The summed E-state index contributed by atoms with van der Waals surface area (Å²) >= 11 is 5.49. The normalized spacial score (nSPS) is 36.4. The molecule has 0 unspecified atom stereocenters. The highest BCUT2D eigenvalue weighted by molar-refractivity contribution is 7.80. The van der Waals surface area contributed by atoms with Gasteiger partial charge in [-0.2, -0.15) is 0 Å². The van der Waals surface area contributed by atoms with Crippen molar-refractivity contribution in [3.63, 3.8) is 0 Å². The lowest BCUT2D eigenvalue weighted by Crippen LogP contribution is -2.53. The van der Waals surface area contributed by atoms with E-state index >= 15 is 0 Å². The lowest BCUT2D eigenvalue weighted by atomic mass is 10.0. The Morgan fingerprint density at radius 1 is 1.15 bits per heavy atom. The summed E-state index contributed by atoms with van der Waals surface area (Å²) in [4.78, 5) is 4.08. The van der Waals surface area contributed by atoms with E-state index < -0.39 is 17.9 Å². The molecular formula is C18H25N3O5S. The third-order valence-electron chi connectivity index (χ3n) is 4.70. The van der Waals surface area contributed by atoms with Gasteiger partial charge in [0, 0.05) is 6.20 Å². The third kappa shape index (κ3) is 4.08. The van der Waals surface area contributed by atoms with Gasteiger partial charge in [0.25, 0.3) is 0 Å². The number of hydrogen-bond donors (Lipinski definition) is 2. The number of pyridine rings is 1. The van der Waals surface area contributed by atoms with E-state index in [1.807, 2.05) is 39.8 Å². The number of aromatic nitrogens is 1. The number of ether oxygens (including phenoxy) is 5. The fraction of sp³-hybridized carbons (Fsp3) is 0.667. The maximum atomic E-state index is 6.15. The lowest BCUT2D eigenvalue weighted by molar-refractivity contribution is -0.223. The molecule has 9 heteroatoms. The maximum Gasteiger partial charge on any atom is 0.189 e. The van der Waals surface area contributed by atoms with Gasteiger partial charge >= 0.3 is 0 Å². The highest BCUT2D eigenvalue weighted by Crippen LogP contribution is 2.40. The molecule has 4 rings (SSSR count). The van der Waals surface area contributed by atoms with Crippen molar-refractivity contribution in [3.8, 4) is 0 Å². The molecule has 0 aromatic carbocycles. The average Bonchev–Trinajstić information content (AvgIpc) is 3.19. The minimum atomic E-state index is -0.717. The molecule has 1 aromatic rings. The molecule has 8 nitrogen and oxygen atoms in total. The number of anilines is 1. The summed E-state index contributed by atoms with van der Waals surface area (Å²) in [6.07, 6.45) is 2.03. The van der Waals surface area contributed by atoms with Gasteiger partial charge in [-0.3, -0.25) is 4.98 Å². The van der Waals surface area contributed by atoms with Gasteiger partial charge in [-0.1, -0.05) is 0 Å². The van der Waals surface area contributed by atoms with Crippen molar-refractivity contribution in [1.29, 1.82) is 0 Å². The van der Waals surface area contributed by atoms with Crippen LogP contribution in [0.5, 0.6) is 0 Å². The molecule has 1 aromatic heterocycles. The van der Waals surface area contributed by atoms with E-state index in [-0.39, 0.29) is 24.4 Å². The van der Waals surface area contributed by atoms with E-state index in [1.165, 1.54) is 0 Å². The quantitative estimate of drug-likeness (QED) is 0.744. The molecule has 3 aliphatic rings. The predicted molar refractivity (Wildman–Crippen MR) is 101 cm³/mol. The molecule has 0 spiro atoms. The largest absolute Gasteiger partial charge is 0.354 e. The van der Waals surface area contributed by atoms with Gasteiger partial charge in [0.05, 0.1) is 24.5 Å². The summed E-state index contributed by atoms with van der Waals surface area (Å²) in [5, 5.41) is 6.90. The summed E-state index contributed by atoms with van der Waals surface area (Å²) in [6, 6.07) is 3.47. The zero-order valence-electron chi connectivity index (χ0n) is 15.8. The standard InChI is InChI=1S/C18H25N3O5S/c1-17(2)22-9-11(24-17)13-12(14-15(23-13)26-18(3,4)25-14)21-16(27)20-10-6-5-7-19-8-10/h5-8,11-15H,9H2,1-4H3,(H2,20,21,27)/t11-,12-,13-,14-,15-/m1/s1. The van der Waals surface area contributed by atoms with Crippen LogP contribution in [-0.4, -0.2) is 58.9 Å². The van der Waals surface area contributed by atoms with Gasteiger partial charge in [0.2, 0.25) is 0 Å². The van der Waals surface area contributed by atoms with Crippen LogP contribution in [0, 0.1) is 0 Å². The highest BCUT2D eigenvalue weighted by atomic mass is 32.1. The van der Waals surface area contributed by atoms with Crippen LogP contribution in [0.25, 0.3) is 0 Å². The molecule has 3 aliphatic heterocycles. The van der Waals surface area contributed by atoms with Gasteiger partial charge < -0.3 is 34.3 Å². The topological polar surface area (TPSA) is 83.1 Å². The van der Waals surface area contributed by atoms with Crippen LogP contribution in [0.2, 0.25) is 0 Å². The average molecular weight is 395 g/mol. The highest BCUT2D eigenvalue weighted by Gasteiger charge is 2.58. The Bertz CT molecular complexity index is 701. The Labute approximate surface area is 163 Å². The van der Waals surface area contributed by atoms with Crippen molar-refractivity contribution in [2.24, 2.45) is 0 Å². The smallest absolute Gasteiger partial charge is 0.189 e. The summed E-state index contributed by atoms with van der Waals surface area (Å²) in [5.74, 6) is -1.36. The molecule has 0 aliphatic carbocycles. The molecule has 27 heavy (non-hydrogen) atoms. The Morgan fingerprint density at radius 3 is 2.63 bits per heavy atom. The van der Waals surface area contributed by atoms with Crippen LogP contribution in [0.3, 0.4) is 0 Å². The monoisotopic (exact) mass is 395 g/mol. The third-order valence-corrected chi connectivity index (χ3v) is 4.92.